The van der Waals surface area contributed by atoms with E-state index < -0.39 is 0 Å². The highest BCUT2D eigenvalue weighted by Gasteiger charge is 2.24. The molecule has 3 rings (SSSR count). The lowest BCUT2D eigenvalue weighted by Gasteiger charge is -2.29. The molecule has 0 spiro atoms. The van der Waals surface area contributed by atoms with Gasteiger partial charge in [0.1, 0.15) is 5.75 Å². The first kappa shape index (κ1) is 22.6. The molecule has 164 valence electrons. The van der Waals surface area contributed by atoms with E-state index in [4.69, 9.17) is 4.74 Å². The van der Waals surface area contributed by atoms with Crippen LogP contribution in [0.25, 0.3) is 0 Å². The van der Waals surface area contributed by atoms with Crippen LogP contribution in [0.2, 0.25) is 0 Å². The molecule has 0 aliphatic carbocycles. The fraction of sp³-hybridized carbons (Fsp3) is 0.522. The number of likely N-dealkylation sites (N-methyl/N-ethyl adjacent to an activating group) is 1. The van der Waals surface area contributed by atoms with Gasteiger partial charge in [-0.2, -0.15) is 0 Å². The van der Waals surface area contributed by atoms with E-state index in [-0.39, 0.29) is 0 Å². The number of nitrogens with one attached hydrogen (secondary N) is 2. The SMILES string of the molecule is CN=C(NCC(c1cccs1)N(C)C)NCC(c1ccc(OC)cc1)N1CCCC1. The molecule has 0 bridgehead atoms. The van der Waals surface area contributed by atoms with Crippen molar-refractivity contribution in [2.24, 2.45) is 4.99 Å². The van der Waals surface area contributed by atoms with E-state index in [0.717, 1.165) is 37.9 Å². The van der Waals surface area contributed by atoms with Crippen LogP contribution in [-0.4, -0.2) is 70.2 Å². The molecule has 1 fully saturated rings. The van der Waals surface area contributed by atoms with Gasteiger partial charge in [0.15, 0.2) is 5.96 Å². The molecule has 0 saturated carbocycles. The molecule has 2 N–H and O–H groups in total. The maximum atomic E-state index is 5.33. The first-order valence-electron chi connectivity index (χ1n) is 10.6. The van der Waals surface area contributed by atoms with Crippen molar-refractivity contribution in [3.05, 3.63) is 52.2 Å². The standard InChI is InChI=1S/C23H35N5OS/c1-24-23(26-17-21(27(2)3)22-8-7-15-30-22)25-16-20(28-13-5-6-14-28)18-9-11-19(29-4)12-10-18/h7-12,15,20-21H,5-6,13-14,16-17H2,1-4H3,(H2,24,25,26). The molecule has 0 amide bonds. The van der Waals surface area contributed by atoms with Crippen LogP contribution >= 0.6 is 11.3 Å². The van der Waals surface area contributed by atoms with Gasteiger partial charge in [-0.05, 0) is 69.2 Å². The van der Waals surface area contributed by atoms with E-state index in [1.165, 1.54) is 23.3 Å². The Morgan fingerprint density at radius 2 is 1.83 bits per heavy atom. The number of thiophene rings is 1. The van der Waals surface area contributed by atoms with E-state index in [1.807, 2.05) is 19.2 Å². The second kappa shape index (κ2) is 11.3. The van der Waals surface area contributed by atoms with Gasteiger partial charge < -0.3 is 20.3 Å². The number of hydrogen-bond donors (Lipinski definition) is 2. The molecule has 1 aliphatic heterocycles. The average Bonchev–Trinajstić information content (AvgIpc) is 3.47. The van der Waals surface area contributed by atoms with Crippen molar-refractivity contribution < 1.29 is 4.74 Å². The molecule has 1 aromatic carbocycles. The third-order valence-electron chi connectivity index (χ3n) is 5.73. The van der Waals surface area contributed by atoms with Crippen molar-refractivity contribution in [1.29, 1.82) is 0 Å². The van der Waals surface area contributed by atoms with Crippen LogP contribution in [0.1, 0.15) is 35.4 Å². The van der Waals surface area contributed by atoms with Crippen molar-refractivity contribution in [2.75, 3.05) is 54.4 Å². The van der Waals surface area contributed by atoms with E-state index in [1.54, 1.807) is 18.4 Å². The number of methoxy groups -OCH3 is 1. The molecule has 2 unspecified atom stereocenters. The Kier molecular flexibility index (Phi) is 8.54. The molecule has 1 aliphatic rings. The van der Waals surface area contributed by atoms with Gasteiger partial charge >= 0.3 is 0 Å². The van der Waals surface area contributed by atoms with Crippen LogP contribution < -0.4 is 15.4 Å². The Balaban J connectivity index is 1.62. The Morgan fingerprint density at radius 1 is 1.13 bits per heavy atom. The Bertz CT molecular complexity index is 769. The third kappa shape index (κ3) is 5.97. The average molecular weight is 430 g/mol. The van der Waals surface area contributed by atoms with Crippen LogP contribution in [0.5, 0.6) is 5.75 Å². The highest BCUT2D eigenvalue weighted by molar-refractivity contribution is 7.10. The number of guanidine groups is 1. The van der Waals surface area contributed by atoms with Gasteiger partial charge in [-0.15, -0.1) is 11.3 Å². The second-order valence-electron chi connectivity index (χ2n) is 7.86. The molecular weight excluding hydrogens is 394 g/mol. The van der Waals surface area contributed by atoms with Crippen molar-refractivity contribution in [3.63, 3.8) is 0 Å². The topological polar surface area (TPSA) is 52.1 Å². The van der Waals surface area contributed by atoms with E-state index in [0.29, 0.717) is 12.1 Å². The summed E-state index contributed by atoms with van der Waals surface area (Å²) < 4.78 is 5.33. The van der Waals surface area contributed by atoms with Crippen LogP contribution in [0, 0.1) is 0 Å². The predicted octanol–water partition coefficient (Wildman–Crippen LogP) is 3.36. The Labute approximate surface area is 184 Å². The summed E-state index contributed by atoms with van der Waals surface area (Å²) in [4.78, 5) is 10.6. The van der Waals surface area contributed by atoms with Gasteiger partial charge in [-0.25, -0.2) is 0 Å². The summed E-state index contributed by atoms with van der Waals surface area (Å²) >= 11 is 1.80. The summed E-state index contributed by atoms with van der Waals surface area (Å²) in [6, 6.07) is 13.4. The Morgan fingerprint density at radius 3 is 2.40 bits per heavy atom. The summed E-state index contributed by atoms with van der Waals surface area (Å²) in [5, 5.41) is 9.22. The maximum absolute atomic E-state index is 5.33. The van der Waals surface area contributed by atoms with E-state index in [9.17, 15) is 0 Å². The summed E-state index contributed by atoms with van der Waals surface area (Å²) in [7, 11) is 7.79. The molecule has 0 radical (unpaired) electrons. The van der Waals surface area contributed by atoms with Gasteiger partial charge in [0.25, 0.3) is 0 Å². The normalized spacial score (nSPS) is 17.2. The lowest BCUT2D eigenvalue weighted by molar-refractivity contribution is 0.245. The monoisotopic (exact) mass is 429 g/mol. The molecule has 1 aromatic heterocycles. The highest BCUT2D eigenvalue weighted by Crippen LogP contribution is 2.26. The quantitative estimate of drug-likeness (QED) is 0.473. The lowest BCUT2D eigenvalue weighted by atomic mass is 10.1. The minimum atomic E-state index is 0.318. The van der Waals surface area contributed by atoms with Crippen LogP contribution in [0.15, 0.2) is 46.8 Å². The van der Waals surface area contributed by atoms with Crippen molar-refractivity contribution in [3.8, 4) is 5.75 Å². The maximum Gasteiger partial charge on any atom is 0.191 e. The van der Waals surface area contributed by atoms with Gasteiger partial charge in [0, 0.05) is 25.0 Å². The summed E-state index contributed by atoms with van der Waals surface area (Å²) in [5.41, 5.74) is 1.31. The van der Waals surface area contributed by atoms with E-state index >= 15 is 0 Å². The largest absolute Gasteiger partial charge is 0.497 e. The molecule has 2 aromatic rings. The van der Waals surface area contributed by atoms with Crippen LogP contribution in [0.3, 0.4) is 0 Å². The summed E-state index contributed by atoms with van der Waals surface area (Å²) in [6.07, 6.45) is 2.54. The minimum Gasteiger partial charge on any atom is -0.497 e. The zero-order valence-corrected chi connectivity index (χ0v) is 19.4. The number of ether oxygens (including phenoxy) is 1. The predicted molar refractivity (Wildman–Crippen MR) is 127 cm³/mol. The van der Waals surface area contributed by atoms with Crippen molar-refractivity contribution >= 4 is 17.3 Å². The number of likely N-dealkylation sites (tertiary alicyclic amines) is 1. The molecule has 30 heavy (non-hydrogen) atoms. The number of benzene rings is 1. The van der Waals surface area contributed by atoms with Gasteiger partial charge in [-0.1, -0.05) is 18.2 Å². The number of nitrogens with zero attached hydrogens (tertiary/aromatic N) is 3. The third-order valence-corrected chi connectivity index (χ3v) is 6.70. The first-order chi connectivity index (χ1) is 14.6. The summed E-state index contributed by atoms with van der Waals surface area (Å²) in [6.45, 7) is 3.92. The molecule has 6 nitrogen and oxygen atoms in total. The number of rotatable bonds is 9. The minimum absolute atomic E-state index is 0.318. The van der Waals surface area contributed by atoms with Gasteiger partial charge in [0.2, 0.25) is 0 Å². The number of hydrogen-bond acceptors (Lipinski definition) is 5. The first-order valence-corrected chi connectivity index (χ1v) is 11.5. The van der Waals surface area contributed by atoms with Gasteiger partial charge in [0.05, 0.1) is 19.2 Å². The Hall–Kier alpha value is -2.09. The fourth-order valence-electron chi connectivity index (χ4n) is 3.96. The summed E-state index contributed by atoms with van der Waals surface area (Å²) in [5.74, 6) is 1.74. The molecule has 7 heteroatoms. The van der Waals surface area contributed by atoms with Crippen LogP contribution in [-0.2, 0) is 0 Å². The van der Waals surface area contributed by atoms with Crippen molar-refractivity contribution in [2.45, 2.75) is 24.9 Å². The zero-order valence-electron chi connectivity index (χ0n) is 18.6. The molecule has 2 heterocycles. The van der Waals surface area contributed by atoms with E-state index in [2.05, 4.69) is 69.2 Å². The second-order valence-corrected chi connectivity index (χ2v) is 8.84. The number of aliphatic imine (C=N–C) groups is 1. The molecular formula is C23H35N5OS. The smallest absolute Gasteiger partial charge is 0.191 e. The highest BCUT2D eigenvalue weighted by atomic mass is 32.1. The lowest BCUT2D eigenvalue weighted by Crippen LogP contribution is -2.44. The fourth-order valence-corrected chi connectivity index (χ4v) is 4.89. The van der Waals surface area contributed by atoms with Crippen LogP contribution in [0.4, 0.5) is 0 Å². The molecule has 2 atom stereocenters. The zero-order chi connectivity index (χ0) is 21.3. The van der Waals surface area contributed by atoms with Gasteiger partial charge in [-0.3, -0.25) is 9.89 Å². The van der Waals surface area contributed by atoms with Crippen molar-refractivity contribution in [1.82, 2.24) is 20.4 Å². The molecule has 1 saturated heterocycles.